The molecule has 0 saturated heterocycles. The van der Waals surface area contributed by atoms with Crippen molar-refractivity contribution in [2.24, 2.45) is 0 Å². The molecule has 1 aromatic carbocycles. The molecule has 0 bridgehead atoms. The summed E-state index contributed by atoms with van der Waals surface area (Å²) in [5.41, 5.74) is 1.05. The molecule has 1 rings (SSSR count). The lowest BCUT2D eigenvalue weighted by atomic mass is 10.3. The van der Waals surface area contributed by atoms with E-state index in [-0.39, 0.29) is 5.78 Å². The normalized spacial score (nSPS) is 9.77. The van der Waals surface area contributed by atoms with Crippen molar-refractivity contribution in [2.75, 3.05) is 18.5 Å². The number of anilines is 1. The van der Waals surface area contributed by atoms with Crippen LogP contribution in [0, 0.1) is 0 Å². The predicted molar refractivity (Wildman–Crippen MR) is 58.1 cm³/mol. The molecule has 0 aliphatic rings. The van der Waals surface area contributed by atoms with E-state index in [0.29, 0.717) is 6.54 Å². The van der Waals surface area contributed by atoms with Crippen LogP contribution in [0.5, 0.6) is 0 Å². The molecule has 13 heavy (non-hydrogen) atoms. The van der Waals surface area contributed by atoms with Crippen LogP contribution in [0.25, 0.3) is 0 Å². The Bertz CT molecular complexity index is 294. The molecular weight excluding hydrogens is 230 g/mol. The molecule has 0 heterocycles. The average molecular weight is 242 g/mol. The van der Waals surface area contributed by atoms with Gasteiger partial charge in [0.2, 0.25) is 0 Å². The molecule has 0 N–H and O–H groups in total. The summed E-state index contributed by atoms with van der Waals surface area (Å²) in [5, 5.41) is 0. The second kappa shape index (κ2) is 4.42. The monoisotopic (exact) mass is 241 g/mol. The molecule has 70 valence electrons. The van der Waals surface area contributed by atoms with Crippen LogP contribution in [-0.4, -0.2) is 19.4 Å². The van der Waals surface area contributed by atoms with Crippen molar-refractivity contribution in [3.63, 3.8) is 0 Å². The van der Waals surface area contributed by atoms with Gasteiger partial charge in [-0.2, -0.15) is 0 Å². The van der Waals surface area contributed by atoms with Crippen molar-refractivity contribution in [3.8, 4) is 0 Å². The number of benzene rings is 1. The maximum Gasteiger partial charge on any atom is 0.149 e. The van der Waals surface area contributed by atoms with Gasteiger partial charge in [0.15, 0.2) is 0 Å². The van der Waals surface area contributed by atoms with Gasteiger partial charge in [-0.15, -0.1) is 0 Å². The molecule has 0 atom stereocenters. The third kappa shape index (κ3) is 3.19. The van der Waals surface area contributed by atoms with Crippen molar-refractivity contribution in [3.05, 3.63) is 28.7 Å². The van der Waals surface area contributed by atoms with Crippen molar-refractivity contribution in [2.45, 2.75) is 6.92 Å². The lowest BCUT2D eigenvalue weighted by Gasteiger charge is -2.17. The summed E-state index contributed by atoms with van der Waals surface area (Å²) in [6.45, 7) is 2.05. The summed E-state index contributed by atoms with van der Waals surface area (Å²) >= 11 is 3.36. The summed E-state index contributed by atoms with van der Waals surface area (Å²) in [7, 11) is 1.91. The van der Waals surface area contributed by atoms with E-state index in [1.807, 2.05) is 36.2 Å². The maximum absolute atomic E-state index is 10.8. The Morgan fingerprint density at radius 3 is 2.38 bits per heavy atom. The van der Waals surface area contributed by atoms with Gasteiger partial charge in [0.1, 0.15) is 5.78 Å². The van der Waals surface area contributed by atoms with Crippen LogP contribution in [0.1, 0.15) is 6.92 Å². The average Bonchev–Trinajstić information content (AvgIpc) is 2.04. The Labute approximate surface area is 86.7 Å². The highest BCUT2D eigenvalue weighted by Crippen LogP contribution is 2.16. The Balaban J connectivity index is 2.71. The smallest absolute Gasteiger partial charge is 0.149 e. The zero-order valence-corrected chi connectivity index (χ0v) is 9.34. The Morgan fingerprint density at radius 1 is 1.38 bits per heavy atom. The highest BCUT2D eigenvalue weighted by Gasteiger charge is 2.02. The summed E-state index contributed by atoms with van der Waals surface area (Å²) in [4.78, 5) is 12.8. The first kappa shape index (κ1) is 10.3. The van der Waals surface area contributed by atoms with Crippen molar-refractivity contribution < 1.29 is 4.79 Å². The SMILES string of the molecule is CC(=O)CN(C)c1ccc(Br)cc1. The zero-order chi connectivity index (χ0) is 9.84. The number of carbonyl (C=O) groups is 1. The number of likely N-dealkylation sites (N-methyl/N-ethyl adjacent to an activating group) is 1. The lowest BCUT2D eigenvalue weighted by Crippen LogP contribution is -2.23. The minimum Gasteiger partial charge on any atom is -0.367 e. The number of hydrogen-bond donors (Lipinski definition) is 0. The van der Waals surface area contributed by atoms with E-state index in [2.05, 4.69) is 15.9 Å². The molecule has 0 fully saturated rings. The second-order valence-corrected chi connectivity index (χ2v) is 3.95. The fourth-order valence-electron chi connectivity index (χ4n) is 1.12. The Kier molecular flexibility index (Phi) is 3.48. The van der Waals surface area contributed by atoms with E-state index in [4.69, 9.17) is 0 Å². The van der Waals surface area contributed by atoms with E-state index in [9.17, 15) is 4.79 Å². The number of Topliss-reactive ketones (excluding diaryl/α,β-unsaturated/α-hetero) is 1. The first-order valence-corrected chi connectivity index (χ1v) is 4.85. The summed E-state index contributed by atoms with van der Waals surface area (Å²) < 4.78 is 1.05. The van der Waals surface area contributed by atoms with E-state index in [0.717, 1.165) is 10.2 Å². The van der Waals surface area contributed by atoms with Gasteiger partial charge in [0, 0.05) is 17.2 Å². The standard InChI is InChI=1S/C10H12BrNO/c1-8(13)7-12(2)10-5-3-9(11)4-6-10/h3-6H,7H2,1-2H3. The quantitative estimate of drug-likeness (QED) is 0.811. The molecule has 0 aliphatic heterocycles. The van der Waals surface area contributed by atoms with Crippen molar-refractivity contribution in [1.29, 1.82) is 0 Å². The molecule has 0 aliphatic carbocycles. The molecule has 0 aromatic heterocycles. The molecule has 2 nitrogen and oxygen atoms in total. The fraction of sp³-hybridized carbons (Fsp3) is 0.300. The molecule has 0 unspecified atom stereocenters. The predicted octanol–water partition coefficient (Wildman–Crippen LogP) is 2.47. The number of hydrogen-bond acceptors (Lipinski definition) is 2. The summed E-state index contributed by atoms with van der Waals surface area (Å²) in [5.74, 6) is 0.172. The van der Waals surface area contributed by atoms with Crippen LogP contribution in [0.15, 0.2) is 28.7 Å². The first-order valence-electron chi connectivity index (χ1n) is 4.06. The van der Waals surface area contributed by atoms with E-state index in [1.165, 1.54) is 0 Å². The molecule has 0 amide bonds. The molecule has 1 aromatic rings. The van der Waals surface area contributed by atoms with E-state index < -0.39 is 0 Å². The van der Waals surface area contributed by atoms with Gasteiger partial charge in [-0.05, 0) is 31.2 Å². The molecule has 3 heteroatoms. The van der Waals surface area contributed by atoms with Crippen molar-refractivity contribution in [1.82, 2.24) is 0 Å². The van der Waals surface area contributed by atoms with Crippen LogP contribution < -0.4 is 4.90 Å². The molecule has 0 radical (unpaired) electrons. The first-order chi connectivity index (χ1) is 6.09. The van der Waals surface area contributed by atoms with E-state index >= 15 is 0 Å². The van der Waals surface area contributed by atoms with Crippen LogP contribution >= 0.6 is 15.9 Å². The lowest BCUT2D eigenvalue weighted by molar-refractivity contribution is -0.115. The van der Waals surface area contributed by atoms with Crippen LogP contribution in [0.4, 0.5) is 5.69 Å². The highest BCUT2D eigenvalue weighted by atomic mass is 79.9. The summed E-state index contributed by atoms with van der Waals surface area (Å²) in [6.07, 6.45) is 0. The molecule has 0 saturated carbocycles. The largest absolute Gasteiger partial charge is 0.367 e. The van der Waals surface area contributed by atoms with E-state index in [1.54, 1.807) is 6.92 Å². The van der Waals surface area contributed by atoms with Gasteiger partial charge >= 0.3 is 0 Å². The number of nitrogens with zero attached hydrogens (tertiary/aromatic N) is 1. The Hall–Kier alpha value is -0.830. The number of halogens is 1. The third-order valence-corrected chi connectivity index (χ3v) is 2.26. The van der Waals surface area contributed by atoms with Crippen LogP contribution in [0.2, 0.25) is 0 Å². The minimum atomic E-state index is 0.172. The Morgan fingerprint density at radius 2 is 1.92 bits per heavy atom. The molecular formula is C10H12BrNO. The van der Waals surface area contributed by atoms with Gasteiger partial charge in [-0.1, -0.05) is 15.9 Å². The number of ketones is 1. The van der Waals surface area contributed by atoms with Crippen molar-refractivity contribution >= 4 is 27.4 Å². The summed E-state index contributed by atoms with van der Waals surface area (Å²) in [6, 6.07) is 7.89. The van der Waals surface area contributed by atoms with Crippen LogP contribution in [-0.2, 0) is 4.79 Å². The zero-order valence-electron chi connectivity index (χ0n) is 7.75. The fourth-order valence-corrected chi connectivity index (χ4v) is 1.39. The third-order valence-electron chi connectivity index (χ3n) is 1.73. The van der Waals surface area contributed by atoms with Gasteiger partial charge in [0.05, 0.1) is 6.54 Å². The number of carbonyl (C=O) groups excluding carboxylic acids is 1. The van der Waals surface area contributed by atoms with Gasteiger partial charge in [-0.25, -0.2) is 0 Å². The van der Waals surface area contributed by atoms with Gasteiger partial charge in [-0.3, -0.25) is 4.79 Å². The highest BCUT2D eigenvalue weighted by molar-refractivity contribution is 9.10. The van der Waals surface area contributed by atoms with Gasteiger partial charge in [0.25, 0.3) is 0 Å². The maximum atomic E-state index is 10.8. The number of rotatable bonds is 3. The second-order valence-electron chi connectivity index (χ2n) is 3.03. The van der Waals surface area contributed by atoms with Crippen LogP contribution in [0.3, 0.4) is 0 Å². The van der Waals surface area contributed by atoms with Gasteiger partial charge < -0.3 is 4.90 Å². The minimum absolute atomic E-state index is 0.172. The topological polar surface area (TPSA) is 20.3 Å². The molecule has 0 spiro atoms.